The minimum atomic E-state index is 1.09. The summed E-state index contributed by atoms with van der Waals surface area (Å²) >= 11 is 1.88. The van der Waals surface area contributed by atoms with Crippen molar-refractivity contribution in [2.75, 3.05) is 4.90 Å². The van der Waals surface area contributed by atoms with E-state index in [4.69, 9.17) is 0 Å². The fraction of sp³-hybridized carbons (Fsp3) is 0. The molecule has 0 radical (unpaired) electrons. The minimum absolute atomic E-state index is 1.09. The first-order valence-corrected chi connectivity index (χ1v) is 24.1. The number of para-hydroxylation sites is 1. The molecule has 0 saturated heterocycles. The van der Waals surface area contributed by atoms with Gasteiger partial charge in [0.15, 0.2) is 0 Å². The molecule has 12 aromatic carbocycles. The number of fused-ring (bicyclic) bond motifs is 7. The van der Waals surface area contributed by atoms with Gasteiger partial charge >= 0.3 is 0 Å². The number of thiophene rings is 1. The summed E-state index contributed by atoms with van der Waals surface area (Å²) in [6, 6.07) is 95.9. The van der Waals surface area contributed by atoms with Crippen molar-refractivity contribution < 1.29 is 0 Å². The lowest BCUT2D eigenvalue weighted by Crippen LogP contribution is -2.11. The van der Waals surface area contributed by atoms with E-state index < -0.39 is 0 Å². The number of rotatable bonds is 8. The van der Waals surface area contributed by atoms with Gasteiger partial charge in [-0.3, -0.25) is 0 Å². The Labute approximate surface area is 400 Å². The second-order valence-electron chi connectivity index (χ2n) is 17.5. The number of anilines is 3. The monoisotopic (exact) mass is 881 g/mol. The van der Waals surface area contributed by atoms with Crippen molar-refractivity contribution in [1.29, 1.82) is 0 Å². The summed E-state index contributed by atoms with van der Waals surface area (Å²) in [5, 5.41) is 10.0. The first-order chi connectivity index (χ1) is 33.7. The Morgan fingerprint density at radius 3 is 1.51 bits per heavy atom. The quantitative estimate of drug-likeness (QED) is 0.137. The maximum Gasteiger partial charge on any atom is 0.0540 e. The van der Waals surface area contributed by atoms with Gasteiger partial charge in [-0.25, -0.2) is 0 Å². The van der Waals surface area contributed by atoms with Crippen LogP contribution in [0.1, 0.15) is 0 Å². The molecule has 0 aliphatic heterocycles. The van der Waals surface area contributed by atoms with Crippen LogP contribution in [0.15, 0.2) is 261 Å². The Balaban J connectivity index is 1.05. The molecule has 0 amide bonds. The molecule has 68 heavy (non-hydrogen) atoms. The summed E-state index contributed by atoms with van der Waals surface area (Å²) in [6.07, 6.45) is 0. The molecule has 0 aliphatic rings. The van der Waals surface area contributed by atoms with E-state index >= 15 is 0 Å². The van der Waals surface area contributed by atoms with E-state index in [0.29, 0.717) is 0 Å². The lowest BCUT2D eigenvalue weighted by Gasteiger charge is -2.29. The van der Waals surface area contributed by atoms with E-state index in [1.807, 2.05) is 11.3 Å². The number of hydrogen-bond acceptors (Lipinski definition) is 2. The maximum absolute atomic E-state index is 2.47. The van der Waals surface area contributed by atoms with Crippen LogP contribution in [-0.2, 0) is 0 Å². The van der Waals surface area contributed by atoms with Crippen molar-refractivity contribution in [1.82, 2.24) is 0 Å². The third-order valence-corrected chi connectivity index (χ3v) is 14.9. The zero-order valence-corrected chi connectivity index (χ0v) is 38.0. The molecule has 0 N–H and O–H groups in total. The lowest BCUT2D eigenvalue weighted by atomic mass is 9.84. The van der Waals surface area contributed by atoms with Gasteiger partial charge in [0.05, 0.1) is 5.69 Å². The van der Waals surface area contributed by atoms with E-state index in [2.05, 4.69) is 266 Å². The van der Waals surface area contributed by atoms with E-state index in [0.717, 1.165) is 28.2 Å². The van der Waals surface area contributed by atoms with Crippen LogP contribution in [0.4, 0.5) is 17.1 Å². The molecule has 0 fully saturated rings. The smallest absolute Gasteiger partial charge is 0.0540 e. The van der Waals surface area contributed by atoms with Crippen LogP contribution in [0.5, 0.6) is 0 Å². The van der Waals surface area contributed by atoms with Gasteiger partial charge in [-0.2, -0.15) is 0 Å². The number of hydrogen-bond donors (Lipinski definition) is 0. The van der Waals surface area contributed by atoms with Gasteiger partial charge in [-0.15, -0.1) is 11.3 Å². The van der Waals surface area contributed by atoms with Crippen LogP contribution in [0.2, 0.25) is 0 Å². The van der Waals surface area contributed by atoms with Crippen molar-refractivity contribution in [3.63, 3.8) is 0 Å². The van der Waals surface area contributed by atoms with E-state index in [1.54, 1.807) is 0 Å². The first-order valence-electron chi connectivity index (χ1n) is 23.3. The highest BCUT2D eigenvalue weighted by molar-refractivity contribution is 7.26. The molecule has 1 nitrogen and oxygen atoms in total. The van der Waals surface area contributed by atoms with Crippen LogP contribution in [0, 0.1) is 0 Å². The van der Waals surface area contributed by atoms with Crippen molar-refractivity contribution in [2.24, 2.45) is 0 Å². The van der Waals surface area contributed by atoms with Crippen LogP contribution in [-0.4, -0.2) is 0 Å². The molecule has 318 valence electrons. The van der Waals surface area contributed by atoms with Gasteiger partial charge in [0.25, 0.3) is 0 Å². The largest absolute Gasteiger partial charge is 0.310 e. The minimum Gasteiger partial charge on any atom is -0.310 e. The number of nitrogens with zero attached hydrogens (tertiary/aromatic N) is 1. The summed E-state index contributed by atoms with van der Waals surface area (Å²) in [5.74, 6) is 0. The highest BCUT2D eigenvalue weighted by Gasteiger charge is 2.22. The van der Waals surface area contributed by atoms with Gasteiger partial charge in [-0.1, -0.05) is 218 Å². The van der Waals surface area contributed by atoms with Crippen LogP contribution < -0.4 is 4.90 Å². The molecule has 0 aliphatic carbocycles. The molecule has 0 spiro atoms. The SMILES string of the molecule is c1ccc(-c2c(-c3ccccc3)c3cc(-c4ccccc4N(c4cccc(-c5cccc6ccccc56)c4)c4cccc(-c5cccc6c5sc5ccccc56)c4)ccc3c3ccccc23)cc1. The molecule has 0 unspecified atom stereocenters. The maximum atomic E-state index is 2.47. The fourth-order valence-corrected chi connectivity index (χ4v) is 11.8. The first kappa shape index (κ1) is 39.8. The average Bonchev–Trinajstić information content (AvgIpc) is 3.80. The summed E-state index contributed by atoms with van der Waals surface area (Å²) in [5.41, 5.74) is 15.3. The van der Waals surface area contributed by atoms with Crippen LogP contribution in [0.25, 0.3) is 108 Å². The zero-order chi connectivity index (χ0) is 45.0. The van der Waals surface area contributed by atoms with Crippen molar-refractivity contribution in [3.05, 3.63) is 261 Å². The number of benzene rings is 12. The highest BCUT2D eigenvalue weighted by Crippen LogP contribution is 2.49. The predicted molar refractivity (Wildman–Crippen MR) is 294 cm³/mol. The van der Waals surface area contributed by atoms with Crippen molar-refractivity contribution in [3.8, 4) is 55.6 Å². The van der Waals surface area contributed by atoms with E-state index in [1.165, 1.54) is 97.0 Å². The molecular formula is C66H43NS. The summed E-state index contributed by atoms with van der Waals surface area (Å²) in [4.78, 5) is 2.47. The Bertz CT molecular complexity index is 4030. The molecule has 13 rings (SSSR count). The third kappa shape index (κ3) is 6.77. The highest BCUT2D eigenvalue weighted by atomic mass is 32.1. The molecule has 0 atom stereocenters. The topological polar surface area (TPSA) is 3.24 Å². The van der Waals surface area contributed by atoms with E-state index in [-0.39, 0.29) is 0 Å². The van der Waals surface area contributed by atoms with Crippen LogP contribution in [0.3, 0.4) is 0 Å². The Morgan fingerprint density at radius 1 is 0.265 bits per heavy atom. The fourth-order valence-electron chi connectivity index (χ4n) is 10.6. The third-order valence-electron chi connectivity index (χ3n) is 13.6. The van der Waals surface area contributed by atoms with Gasteiger partial charge in [0, 0.05) is 37.1 Å². The van der Waals surface area contributed by atoms with Gasteiger partial charge in [0.2, 0.25) is 0 Å². The average molecular weight is 882 g/mol. The molecule has 2 heteroatoms. The Hall–Kier alpha value is -8.56. The molecule has 0 saturated carbocycles. The van der Waals surface area contributed by atoms with Gasteiger partial charge in [-0.05, 0) is 125 Å². The Kier molecular flexibility index (Phi) is 9.77. The molecule has 1 heterocycles. The second kappa shape index (κ2) is 16.7. The van der Waals surface area contributed by atoms with Crippen LogP contribution >= 0.6 is 11.3 Å². The zero-order valence-electron chi connectivity index (χ0n) is 37.2. The van der Waals surface area contributed by atoms with Gasteiger partial charge in [0.1, 0.15) is 0 Å². The summed E-state index contributed by atoms with van der Waals surface area (Å²) in [7, 11) is 0. The summed E-state index contributed by atoms with van der Waals surface area (Å²) < 4.78 is 2.62. The van der Waals surface area contributed by atoms with E-state index in [9.17, 15) is 0 Å². The summed E-state index contributed by atoms with van der Waals surface area (Å²) in [6.45, 7) is 0. The van der Waals surface area contributed by atoms with Crippen molar-refractivity contribution >= 4 is 80.9 Å². The normalized spacial score (nSPS) is 11.5. The lowest BCUT2D eigenvalue weighted by molar-refractivity contribution is 1.28. The molecule has 0 bridgehead atoms. The van der Waals surface area contributed by atoms with Crippen molar-refractivity contribution in [2.45, 2.75) is 0 Å². The predicted octanol–water partition coefficient (Wildman–Crippen LogP) is 19.3. The molecular weight excluding hydrogens is 839 g/mol. The molecule has 13 aromatic rings. The molecule has 1 aromatic heterocycles. The van der Waals surface area contributed by atoms with Gasteiger partial charge < -0.3 is 4.90 Å². The second-order valence-corrected chi connectivity index (χ2v) is 18.6. The standard InChI is InChI=1S/C66H43NS/c1-3-20-45(21-4-1)64-59-33-10-9-31-56(59)57-40-39-49(43-61(57)65(64)46-22-5-2-6-23-46)54-30-11-13-37-62(54)67(50-27-15-25-47(41-50)53-34-17-24-44-19-7-8-29-52(44)53)51-28-16-26-48(42-51)55-35-18-36-60-58-32-12-14-38-63(58)68-66(55)60/h1-43H. The Morgan fingerprint density at radius 2 is 0.750 bits per heavy atom.